The third-order valence-electron chi connectivity index (χ3n) is 6.62. The zero-order chi connectivity index (χ0) is 27.1. The van der Waals surface area contributed by atoms with E-state index in [9.17, 15) is 4.79 Å². The number of aromatic nitrogens is 2. The van der Waals surface area contributed by atoms with Gasteiger partial charge in [0.05, 0.1) is 5.69 Å². The summed E-state index contributed by atoms with van der Waals surface area (Å²) in [7, 11) is 0. The Bertz CT molecular complexity index is 1320. The molecule has 0 unspecified atom stereocenters. The summed E-state index contributed by atoms with van der Waals surface area (Å²) in [6.07, 6.45) is 5.66. The maximum atomic E-state index is 12.9. The predicted molar refractivity (Wildman–Crippen MR) is 160 cm³/mol. The molecule has 1 amide bonds. The number of nitrogens with zero attached hydrogens (tertiary/aromatic N) is 3. The first kappa shape index (κ1) is 27.5. The number of pyridine rings is 1. The smallest absolute Gasteiger partial charge is 0.255 e. The van der Waals surface area contributed by atoms with Gasteiger partial charge in [0.2, 0.25) is 0 Å². The Balaban J connectivity index is 1.35. The van der Waals surface area contributed by atoms with Crippen LogP contribution in [0.2, 0.25) is 0 Å². The van der Waals surface area contributed by atoms with E-state index < -0.39 is 0 Å². The van der Waals surface area contributed by atoms with E-state index in [1.54, 1.807) is 12.4 Å². The normalized spacial score (nSPS) is 11.4. The number of carbonyl (C=O) groups excluding carboxylic acids is 1. The van der Waals surface area contributed by atoms with Gasteiger partial charge < -0.3 is 10.6 Å². The fourth-order valence-corrected chi connectivity index (χ4v) is 5.26. The van der Waals surface area contributed by atoms with Gasteiger partial charge in [0.1, 0.15) is 0 Å². The molecule has 38 heavy (non-hydrogen) atoms. The Kier molecular flexibility index (Phi) is 9.26. The van der Waals surface area contributed by atoms with E-state index in [4.69, 9.17) is 0 Å². The third kappa shape index (κ3) is 7.27. The van der Waals surface area contributed by atoms with Gasteiger partial charge >= 0.3 is 0 Å². The molecule has 2 aromatic heterocycles. The molecule has 198 valence electrons. The molecule has 0 atom stereocenters. The Hall–Kier alpha value is -3.55. The zero-order valence-electron chi connectivity index (χ0n) is 22.9. The van der Waals surface area contributed by atoms with Crippen molar-refractivity contribution in [2.75, 3.05) is 17.2 Å². The van der Waals surface area contributed by atoms with E-state index in [1.165, 1.54) is 16.9 Å². The van der Waals surface area contributed by atoms with Crippen LogP contribution in [0.25, 0.3) is 11.3 Å². The van der Waals surface area contributed by atoms with Crippen LogP contribution >= 0.6 is 11.3 Å². The van der Waals surface area contributed by atoms with Gasteiger partial charge in [-0.15, -0.1) is 11.3 Å². The summed E-state index contributed by atoms with van der Waals surface area (Å²) in [6, 6.07) is 18.8. The van der Waals surface area contributed by atoms with Crippen molar-refractivity contribution in [3.8, 4) is 11.3 Å². The molecule has 7 heteroatoms. The van der Waals surface area contributed by atoms with Crippen molar-refractivity contribution in [1.82, 2.24) is 14.9 Å². The SMILES string of the molecule is Cc1ccc(NC(=O)c2ccc(CCCN(C(C)C)C(C)C)cc2)cc1Nc1nc(-c2cccnc2)cs1. The minimum Gasteiger partial charge on any atom is -0.331 e. The van der Waals surface area contributed by atoms with Gasteiger partial charge in [0.25, 0.3) is 5.91 Å². The first-order valence-corrected chi connectivity index (χ1v) is 14.1. The molecule has 2 aromatic carbocycles. The van der Waals surface area contributed by atoms with E-state index in [2.05, 4.69) is 65.3 Å². The lowest BCUT2D eigenvalue weighted by molar-refractivity contribution is 0.102. The average Bonchev–Trinajstić information content (AvgIpc) is 3.37. The van der Waals surface area contributed by atoms with Crippen LogP contribution in [0.1, 0.15) is 55.6 Å². The van der Waals surface area contributed by atoms with Gasteiger partial charge in [-0.2, -0.15) is 0 Å². The highest BCUT2D eigenvalue weighted by Gasteiger charge is 2.13. The summed E-state index contributed by atoms with van der Waals surface area (Å²) < 4.78 is 0. The van der Waals surface area contributed by atoms with Crippen molar-refractivity contribution in [2.24, 2.45) is 0 Å². The van der Waals surface area contributed by atoms with Crippen LogP contribution in [-0.2, 0) is 6.42 Å². The van der Waals surface area contributed by atoms with Crippen molar-refractivity contribution in [3.63, 3.8) is 0 Å². The molecule has 0 aliphatic heterocycles. The Morgan fingerprint density at radius 1 is 1.03 bits per heavy atom. The molecule has 0 saturated heterocycles. The van der Waals surface area contributed by atoms with E-state index in [0.717, 1.165) is 52.7 Å². The van der Waals surface area contributed by atoms with Crippen molar-refractivity contribution in [2.45, 2.75) is 59.5 Å². The maximum Gasteiger partial charge on any atom is 0.255 e. The number of aryl methyl sites for hydroxylation is 2. The molecule has 4 aromatic rings. The molecular formula is C31H37N5OS. The predicted octanol–water partition coefficient (Wildman–Crippen LogP) is 7.56. The lowest BCUT2D eigenvalue weighted by atomic mass is 10.1. The molecule has 0 spiro atoms. The number of carbonyl (C=O) groups is 1. The molecule has 2 heterocycles. The number of thiazole rings is 1. The van der Waals surface area contributed by atoms with Crippen molar-refractivity contribution in [3.05, 3.63) is 89.1 Å². The number of hydrogen-bond donors (Lipinski definition) is 2. The van der Waals surface area contributed by atoms with Gasteiger partial charge in [0, 0.05) is 52.4 Å². The lowest BCUT2D eigenvalue weighted by Crippen LogP contribution is -2.37. The number of anilines is 3. The second-order valence-electron chi connectivity index (χ2n) is 10.1. The number of hydrogen-bond acceptors (Lipinski definition) is 6. The highest BCUT2D eigenvalue weighted by Crippen LogP contribution is 2.29. The molecule has 0 aliphatic rings. The average molecular weight is 528 g/mol. The summed E-state index contributed by atoms with van der Waals surface area (Å²) in [5.74, 6) is -0.120. The van der Waals surface area contributed by atoms with Crippen LogP contribution in [0.15, 0.2) is 72.4 Å². The van der Waals surface area contributed by atoms with Crippen LogP contribution in [0, 0.1) is 6.92 Å². The first-order chi connectivity index (χ1) is 18.3. The molecule has 0 aliphatic carbocycles. The van der Waals surface area contributed by atoms with Crippen molar-refractivity contribution < 1.29 is 4.79 Å². The third-order valence-corrected chi connectivity index (χ3v) is 7.38. The molecule has 2 N–H and O–H groups in total. The van der Waals surface area contributed by atoms with Gasteiger partial charge in [0.15, 0.2) is 5.13 Å². The largest absolute Gasteiger partial charge is 0.331 e. The molecule has 6 nitrogen and oxygen atoms in total. The quantitative estimate of drug-likeness (QED) is 0.211. The highest BCUT2D eigenvalue weighted by molar-refractivity contribution is 7.14. The van der Waals surface area contributed by atoms with E-state index in [0.29, 0.717) is 17.6 Å². The standard InChI is InChI=1S/C31H37N5OS/c1-21(2)36(22(3)4)17-7-8-24-11-13-25(14-12-24)30(37)33-27-15-10-23(5)28(18-27)34-31-35-29(20-38-31)26-9-6-16-32-19-26/h6,9-16,18-22H,7-8,17H2,1-5H3,(H,33,37)(H,34,35). The van der Waals surface area contributed by atoms with Crippen LogP contribution in [0.4, 0.5) is 16.5 Å². The summed E-state index contributed by atoms with van der Waals surface area (Å²) in [4.78, 5) is 24.3. The summed E-state index contributed by atoms with van der Waals surface area (Å²) in [6.45, 7) is 12.1. The minimum atomic E-state index is -0.120. The summed E-state index contributed by atoms with van der Waals surface area (Å²) in [5.41, 5.74) is 6.47. The van der Waals surface area contributed by atoms with E-state index >= 15 is 0 Å². The maximum absolute atomic E-state index is 12.9. The van der Waals surface area contributed by atoms with Crippen LogP contribution in [0.5, 0.6) is 0 Å². The van der Waals surface area contributed by atoms with Crippen LogP contribution < -0.4 is 10.6 Å². The molecule has 0 bridgehead atoms. The number of benzene rings is 2. The topological polar surface area (TPSA) is 70.2 Å². The monoisotopic (exact) mass is 527 g/mol. The second kappa shape index (κ2) is 12.8. The zero-order valence-corrected chi connectivity index (χ0v) is 23.7. The molecule has 0 saturated carbocycles. The minimum absolute atomic E-state index is 0.120. The van der Waals surface area contributed by atoms with Crippen LogP contribution in [0.3, 0.4) is 0 Å². The Labute approximate surface area is 230 Å². The highest BCUT2D eigenvalue weighted by atomic mass is 32.1. The number of rotatable bonds is 11. The summed E-state index contributed by atoms with van der Waals surface area (Å²) in [5, 5.41) is 9.23. The molecular weight excluding hydrogens is 490 g/mol. The van der Waals surface area contributed by atoms with Crippen molar-refractivity contribution in [1.29, 1.82) is 0 Å². The van der Waals surface area contributed by atoms with Gasteiger partial charge in [-0.3, -0.25) is 14.7 Å². The lowest BCUT2D eigenvalue weighted by Gasteiger charge is -2.30. The van der Waals surface area contributed by atoms with Gasteiger partial charge in [-0.05, 0) is 102 Å². The summed E-state index contributed by atoms with van der Waals surface area (Å²) >= 11 is 1.54. The fourth-order valence-electron chi connectivity index (χ4n) is 4.53. The second-order valence-corrected chi connectivity index (χ2v) is 11.0. The Morgan fingerprint density at radius 3 is 2.47 bits per heavy atom. The number of nitrogens with one attached hydrogen (secondary N) is 2. The number of amides is 1. The van der Waals surface area contributed by atoms with Gasteiger partial charge in [-0.25, -0.2) is 4.98 Å². The fraction of sp³-hybridized carbons (Fsp3) is 0.323. The Morgan fingerprint density at radius 2 is 1.79 bits per heavy atom. The van der Waals surface area contributed by atoms with Crippen molar-refractivity contribution >= 4 is 33.8 Å². The molecule has 0 fully saturated rings. The van der Waals surface area contributed by atoms with E-state index in [-0.39, 0.29) is 5.91 Å². The van der Waals surface area contributed by atoms with E-state index in [1.807, 2.05) is 54.8 Å². The molecule has 4 rings (SSSR count). The van der Waals surface area contributed by atoms with Crippen LogP contribution in [-0.4, -0.2) is 39.4 Å². The van der Waals surface area contributed by atoms with Gasteiger partial charge in [-0.1, -0.05) is 18.2 Å². The first-order valence-electron chi connectivity index (χ1n) is 13.2. The molecule has 0 radical (unpaired) electrons.